The van der Waals surface area contributed by atoms with E-state index in [-0.39, 0.29) is 5.28 Å². The molecule has 1 unspecified atom stereocenters. The number of hydrogen-bond acceptors (Lipinski definition) is 4. The minimum Gasteiger partial charge on any atom is -0.339 e. The van der Waals surface area contributed by atoms with Crippen molar-refractivity contribution in [3.8, 4) is 0 Å². The molecule has 1 aliphatic heterocycles. The Morgan fingerprint density at radius 1 is 1.24 bits per heavy atom. The molecule has 0 amide bonds. The Balaban J connectivity index is 0.000000774. The summed E-state index contributed by atoms with van der Waals surface area (Å²) in [5.74, 6) is 1.06. The van der Waals surface area contributed by atoms with Gasteiger partial charge in [0.05, 0.1) is 16.5 Å². The van der Waals surface area contributed by atoms with E-state index in [2.05, 4.69) is 15.3 Å². The number of nitrogens with one attached hydrogen (secondary N) is 1. The zero-order chi connectivity index (χ0) is 15.4. The van der Waals surface area contributed by atoms with Gasteiger partial charge < -0.3 is 5.32 Å². The molecule has 1 N–H and O–H groups in total. The Kier molecular flexibility index (Phi) is 5.56. The molecule has 0 saturated carbocycles. The van der Waals surface area contributed by atoms with Gasteiger partial charge in [-0.2, -0.15) is 4.98 Å². The smallest absolute Gasteiger partial charge is 0.224 e. The third-order valence-electron chi connectivity index (χ3n) is 2.75. The van der Waals surface area contributed by atoms with Crippen molar-refractivity contribution in [2.24, 2.45) is 0 Å². The number of hydrogen-bond donors (Lipinski definition) is 1. The Morgan fingerprint density at radius 2 is 2.00 bits per heavy atom. The number of fused-ring (bicyclic) bond motifs is 1. The fraction of sp³-hybridized carbons (Fsp3) is 0.286. The van der Waals surface area contributed by atoms with Gasteiger partial charge in [0.1, 0.15) is 4.90 Å². The third-order valence-corrected chi connectivity index (χ3v) is 4.61. The third kappa shape index (κ3) is 3.73. The first-order chi connectivity index (χ1) is 10.1. The first-order valence-corrected chi connectivity index (χ1v) is 8.68. The molecular weight excluding hydrogens is 329 g/mol. The van der Waals surface area contributed by atoms with E-state index in [4.69, 9.17) is 23.2 Å². The lowest BCUT2D eigenvalue weighted by Crippen LogP contribution is -2.02. The van der Waals surface area contributed by atoms with Gasteiger partial charge in [-0.15, -0.1) is 0 Å². The van der Waals surface area contributed by atoms with Crippen LogP contribution in [-0.4, -0.2) is 19.9 Å². The highest BCUT2D eigenvalue weighted by Crippen LogP contribution is 2.31. The first-order valence-electron chi connectivity index (χ1n) is 6.61. The molecule has 112 valence electrons. The standard InChI is InChI=1S/C12H9Cl2N3OS.C2H6/c13-7-2-1-3-8(6-7)15-11-10-9(4-5-19(10)18)16-12(14)17-11;1-2/h1-3,6H,4-5H2,(H,15,16,17);1-2H3. The molecule has 2 aromatic rings. The number of nitrogens with zero attached hydrogens (tertiary/aromatic N) is 2. The second-order valence-corrected chi connectivity index (χ2v) is 6.33. The van der Waals surface area contributed by atoms with Gasteiger partial charge in [-0.05, 0) is 29.8 Å². The molecule has 0 saturated heterocycles. The van der Waals surface area contributed by atoms with Gasteiger partial charge in [-0.3, -0.25) is 4.21 Å². The van der Waals surface area contributed by atoms with Crippen molar-refractivity contribution in [3.63, 3.8) is 0 Å². The van der Waals surface area contributed by atoms with E-state index in [1.165, 1.54) is 0 Å². The van der Waals surface area contributed by atoms with Crippen LogP contribution in [0.2, 0.25) is 10.3 Å². The summed E-state index contributed by atoms with van der Waals surface area (Å²) in [6.45, 7) is 4.00. The van der Waals surface area contributed by atoms with E-state index >= 15 is 0 Å². The topological polar surface area (TPSA) is 54.9 Å². The van der Waals surface area contributed by atoms with Gasteiger partial charge in [0.2, 0.25) is 5.28 Å². The predicted octanol–water partition coefficient (Wildman–Crippen LogP) is 4.22. The van der Waals surface area contributed by atoms with E-state index in [0.717, 1.165) is 11.4 Å². The summed E-state index contributed by atoms with van der Waals surface area (Å²) in [5.41, 5.74) is 1.52. The summed E-state index contributed by atoms with van der Waals surface area (Å²) in [6, 6.07) is 7.22. The molecule has 0 bridgehead atoms. The van der Waals surface area contributed by atoms with Gasteiger partial charge in [-0.25, -0.2) is 4.98 Å². The summed E-state index contributed by atoms with van der Waals surface area (Å²) in [7, 11) is -1.08. The highest BCUT2D eigenvalue weighted by molar-refractivity contribution is 7.85. The van der Waals surface area contributed by atoms with Crippen LogP contribution in [0.5, 0.6) is 0 Å². The van der Waals surface area contributed by atoms with E-state index in [1.54, 1.807) is 12.1 Å². The van der Waals surface area contributed by atoms with Crippen LogP contribution in [-0.2, 0) is 17.2 Å². The van der Waals surface area contributed by atoms with Crippen molar-refractivity contribution in [3.05, 3.63) is 40.3 Å². The minimum absolute atomic E-state index is 0.155. The number of rotatable bonds is 2. The Labute approximate surface area is 136 Å². The van der Waals surface area contributed by atoms with Crippen LogP contribution in [0.15, 0.2) is 29.2 Å². The quantitative estimate of drug-likeness (QED) is 0.829. The van der Waals surface area contributed by atoms with Crippen molar-refractivity contribution in [2.75, 3.05) is 11.1 Å². The van der Waals surface area contributed by atoms with Crippen molar-refractivity contribution in [1.82, 2.24) is 9.97 Å². The average Bonchev–Trinajstić information content (AvgIpc) is 2.82. The van der Waals surface area contributed by atoms with Crippen LogP contribution in [0.25, 0.3) is 0 Å². The molecule has 1 atom stereocenters. The van der Waals surface area contributed by atoms with Gasteiger partial charge in [0, 0.05) is 22.9 Å². The molecule has 4 nitrogen and oxygen atoms in total. The van der Waals surface area contributed by atoms with E-state index in [0.29, 0.717) is 27.9 Å². The summed E-state index contributed by atoms with van der Waals surface area (Å²) in [6.07, 6.45) is 0.661. The highest BCUT2D eigenvalue weighted by atomic mass is 35.5. The first kappa shape index (κ1) is 16.2. The monoisotopic (exact) mass is 343 g/mol. The second-order valence-electron chi connectivity index (χ2n) is 4.05. The molecule has 0 radical (unpaired) electrons. The second kappa shape index (κ2) is 7.20. The summed E-state index contributed by atoms with van der Waals surface area (Å²) in [4.78, 5) is 8.89. The zero-order valence-corrected chi connectivity index (χ0v) is 14.0. The molecule has 1 aliphatic rings. The maximum atomic E-state index is 12.0. The Bertz CT molecular complexity index is 679. The van der Waals surface area contributed by atoms with Crippen molar-refractivity contribution in [1.29, 1.82) is 0 Å². The predicted molar refractivity (Wildman–Crippen MR) is 88.1 cm³/mol. The summed E-state index contributed by atoms with van der Waals surface area (Å²) < 4.78 is 12.0. The van der Waals surface area contributed by atoms with Crippen LogP contribution < -0.4 is 5.32 Å². The molecule has 3 rings (SSSR count). The molecule has 0 fully saturated rings. The molecule has 7 heteroatoms. The number of aromatic nitrogens is 2. The number of benzene rings is 1. The van der Waals surface area contributed by atoms with Crippen molar-refractivity contribution in [2.45, 2.75) is 25.2 Å². The van der Waals surface area contributed by atoms with Crippen LogP contribution >= 0.6 is 23.2 Å². The zero-order valence-electron chi connectivity index (χ0n) is 11.7. The molecular formula is C14H15Cl2N3OS. The Hall–Kier alpha value is -1.17. The lowest BCUT2D eigenvalue weighted by Gasteiger charge is -2.09. The average molecular weight is 344 g/mol. The van der Waals surface area contributed by atoms with Crippen LogP contribution in [0.3, 0.4) is 0 Å². The normalized spacial score (nSPS) is 15.9. The molecule has 1 aromatic heterocycles. The summed E-state index contributed by atoms with van der Waals surface area (Å²) in [5, 5.41) is 3.87. The van der Waals surface area contributed by atoms with Gasteiger partial charge in [0.15, 0.2) is 5.82 Å². The van der Waals surface area contributed by atoms with Gasteiger partial charge in [0.25, 0.3) is 0 Å². The van der Waals surface area contributed by atoms with Gasteiger partial charge >= 0.3 is 0 Å². The molecule has 21 heavy (non-hydrogen) atoms. The number of aryl methyl sites for hydroxylation is 1. The van der Waals surface area contributed by atoms with Crippen LogP contribution in [0, 0.1) is 0 Å². The maximum Gasteiger partial charge on any atom is 0.224 e. The van der Waals surface area contributed by atoms with E-state index in [9.17, 15) is 4.21 Å². The molecule has 0 spiro atoms. The number of anilines is 2. The molecule has 0 aliphatic carbocycles. The van der Waals surface area contributed by atoms with Crippen molar-refractivity contribution < 1.29 is 4.21 Å². The van der Waals surface area contributed by atoms with Crippen molar-refractivity contribution >= 4 is 45.5 Å². The maximum absolute atomic E-state index is 12.0. The van der Waals surface area contributed by atoms with Crippen LogP contribution in [0.1, 0.15) is 19.5 Å². The van der Waals surface area contributed by atoms with E-state index in [1.807, 2.05) is 26.0 Å². The lowest BCUT2D eigenvalue weighted by molar-refractivity contribution is 0.685. The fourth-order valence-electron chi connectivity index (χ4n) is 1.95. The summed E-state index contributed by atoms with van der Waals surface area (Å²) >= 11 is 11.8. The largest absolute Gasteiger partial charge is 0.339 e. The molecule has 2 heterocycles. The number of halogens is 2. The minimum atomic E-state index is -1.08. The Morgan fingerprint density at radius 3 is 2.71 bits per heavy atom. The molecule has 1 aromatic carbocycles. The SMILES string of the molecule is CC.O=S1CCc2nc(Cl)nc(Nc3cccc(Cl)c3)c21. The lowest BCUT2D eigenvalue weighted by atomic mass is 10.3. The highest BCUT2D eigenvalue weighted by Gasteiger charge is 2.25. The van der Waals surface area contributed by atoms with Gasteiger partial charge in [-0.1, -0.05) is 31.5 Å². The fourth-order valence-corrected chi connectivity index (χ4v) is 3.64. The van der Waals surface area contributed by atoms with E-state index < -0.39 is 10.8 Å². The van der Waals surface area contributed by atoms with Crippen LogP contribution in [0.4, 0.5) is 11.5 Å².